The fourth-order valence-corrected chi connectivity index (χ4v) is 3.96. The summed E-state index contributed by atoms with van der Waals surface area (Å²) in [7, 11) is -3.82. The van der Waals surface area contributed by atoms with Gasteiger partial charge in [0.1, 0.15) is 10.6 Å². The molecule has 0 aliphatic carbocycles. The van der Waals surface area contributed by atoms with Crippen LogP contribution in [-0.4, -0.2) is 17.8 Å². The van der Waals surface area contributed by atoms with Gasteiger partial charge < -0.3 is 4.18 Å². The standard InChI is InChI=1S/C17H12N2O3S2/c20-24(21,15-4-2-1-3-5-15)22-14-8-6-13(7-9-14)16-12-19-10-11-23-17(19)18-16/h1-12H. The molecular weight excluding hydrogens is 344 g/mol. The lowest BCUT2D eigenvalue weighted by Gasteiger charge is -2.07. The van der Waals surface area contributed by atoms with Gasteiger partial charge in [-0.05, 0) is 36.4 Å². The molecule has 0 fully saturated rings. The molecule has 0 aliphatic heterocycles. The first kappa shape index (κ1) is 14.9. The Bertz CT molecular complexity index is 1050. The van der Waals surface area contributed by atoms with E-state index in [0.29, 0.717) is 0 Å². The van der Waals surface area contributed by atoms with E-state index in [1.807, 2.05) is 22.2 Å². The third kappa shape index (κ3) is 2.79. The largest absolute Gasteiger partial charge is 0.379 e. The third-order valence-corrected chi connectivity index (χ3v) is 5.51. The fourth-order valence-electron chi connectivity index (χ4n) is 2.31. The lowest BCUT2D eigenvalue weighted by Crippen LogP contribution is -2.09. The summed E-state index contributed by atoms with van der Waals surface area (Å²) in [6.07, 6.45) is 3.88. The molecule has 0 radical (unpaired) electrons. The van der Waals surface area contributed by atoms with E-state index in [4.69, 9.17) is 4.18 Å². The second-order valence-corrected chi connectivity index (χ2v) is 7.51. The van der Waals surface area contributed by atoms with E-state index in [1.54, 1.807) is 53.8 Å². The molecule has 4 aromatic rings. The highest BCUT2D eigenvalue weighted by Crippen LogP contribution is 2.25. The molecule has 0 atom stereocenters. The van der Waals surface area contributed by atoms with Gasteiger partial charge >= 0.3 is 10.1 Å². The van der Waals surface area contributed by atoms with Crippen molar-refractivity contribution in [2.45, 2.75) is 4.90 Å². The molecule has 0 amide bonds. The molecule has 2 aromatic heterocycles. The highest BCUT2D eigenvalue weighted by atomic mass is 32.2. The number of thiazole rings is 1. The summed E-state index contributed by atoms with van der Waals surface area (Å²) in [6, 6.07) is 14.9. The molecular formula is C17H12N2O3S2. The van der Waals surface area contributed by atoms with Crippen molar-refractivity contribution in [1.29, 1.82) is 0 Å². The van der Waals surface area contributed by atoms with E-state index in [2.05, 4.69) is 4.98 Å². The molecule has 0 unspecified atom stereocenters. The molecule has 0 saturated carbocycles. The van der Waals surface area contributed by atoms with Crippen LogP contribution in [0.25, 0.3) is 16.2 Å². The van der Waals surface area contributed by atoms with Gasteiger partial charge in [-0.2, -0.15) is 8.42 Å². The molecule has 120 valence electrons. The van der Waals surface area contributed by atoms with Gasteiger partial charge in [0.15, 0.2) is 4.96 Å². The average Bonchev–Trinajstić information content (AvgIpc) is 3.18. The number of fused-ring (bicyclic) bond motifs is 1. The molecule has 4 rings (SSSR count). The van der Waals surface area contributed by atoms with Crippen LogP contribution >= 0.6 is 11.3 Å². The monoisotopic (exact) mass is 356 g/mol. The number of imidazole rings is 1. The summed E-state index contributed by atoms with van der Waals surface area (Å²) in [4.78, 5) is 5.56. The number of rotatable bonds is 4. The first-order valence-corrected chi connectivity index (χ1v) is 9.43. The highest BCUT2D eigenvalue weighted by molar-refractivity contribution is 7.87. The van der Waals surface area contributed by atoms with E-state index in [9.17, 15) is 8.42 Å². The Balaban J connectivity index is 1.59. The van der Waals surface area contributed by atoms with Crippen LogP contribution in [0.1, 0.15) is 0 Å². The van der Waals surface area contributed by atoms with Gasteiger partial charge in [-0.25, -0.2) is 4.98 Å². The zero-order valence-corrected chi connectivity index (χ0v) is 14.0. The van der Waals surface area contributed by atoms with Crippen molar-refractivity contribution >= 4 is 26.4 Å². The van der Waals surface area contributed by atoms with Crippen LogP contribution in [0, 0.1) is 0 Å². The topological polar surface area (TPSA) is 60.7 Å². The molecule has 24 heavy (non-hydrogen) atoms. The van der Waals surface area contributed by atoms with Crippen molar-refractivity contribution in [1.82, 2.24) is 9.38 Å². The Morgan fingerprint density at radius 1 is 1.00 bits per heavy atom. The van der Waals surface area contributed by atoms with Crippen LogP contribution in [-0.2, 0) is 10.1 Å². The SMILES string of the molecule is O=S(=O)(Oc1ccc(-c2cn3ccsc3n2)cc1)c1ccccc1. The highest BCUT2D eigenvalue weighted by Gasteiger charge is 2.16. The van der Waals surface area contributed by atoms with Crippen molar-refractivity contribution in [3.05, 3.63) is 72.4 Å². The quantitative estimate of drug-likeness (QED) is 0.521. The second-order valence-electron chi connectivity index (χ2n) is 5.09. The molecule has 0 saturated heterocycles. The normalized spacial score (nSPS) is 11.7. The van der Waals surface area contributed by atoms with Gasteiger partial charge in [0, 0.05) is 23.3 Å². The minimum absolute atomic E-state index is 0.128. The minimum atomic E-state index is -3.82. The van der Waals surface area contributed by atoms with E-state index >= 15 is 0 Å². The maximum absolute atomic E-state index is 12.2. The molecule has 0 N–H and O–H groups in total. The molecule has 0 bridgehead atoms. The van der Waals surface area contributed by atoms with E-state index in [-0.39, 0.29) is 10.6 Å². The van der Waals surface area contributed by atoms with Gasteiger partial charge in [-0.15, -0.1) is 11.3 Å². The Labute approximate surface area is 142 Å². The first-order valence-electron chi connectivity index (χ1n) is 7.14. The average molecular weight is 356 g/mol. The van der Waals surface area contributed by atoms with E-state index in [1.165, 1.54) is 12.1 Å². The molecule has 5 nitrogen and oxygen atoms in total. The number of nitrogens with zero attached hydrogens (tertiary/aromatic N) is 2. The lowest BCUT2D eigenvalue weighted by molar-refractivity contribution is 0.486. The Hall–Kier alpha value is -2.64. The summed E-state index contributed by atoms with van der Waals surface area (Å²) in [5.74, 6) is 0.267. The summed E-state index contributed by atoms with van der Waals surface area (Å²) in [6.45, 7) is 0. The Kier molecular flexibility index (Phi) is 3.59. The summed E-state index contributed by atoms with van der Waals surface area (Å²) >= 11 is 1.56. The van der Waals surface area contributed by atoms with Crippen LogP contribution in [0.2, 0.25) is 0 Å². The van der Waals surface area contributed by atoms with Gasteiger partial charge in [0.05, 0.1) is 5.69 Å². The minimum Gasteiger partial charge on any atom is -0.379 e. The van der Waals surface area contributed by atoms with Crippen LogP contribution in [0.4, 0.5) is 0 Å². The van der Waals surface area contributed by atoms with Gasteiger partial charge in [0.25, 0.3) is 0 Å². The summed E-state index contributed by atoms with van der Waals surface area (Å²) < 4.78 is 31.5. The predicted molar refractivity (Wildman–Crippen MR) is 92.8 cm³/mol. The van der Waals surface area contributed by atoms with Crippen molar-refractivity contribution in [2.24, 2.45) is 0 Å². The van der Waals surface area contributed by atoms with Crippen LogP contribution in [0.15, 0.2) is 77.3 Å². The molecule has 0 aliphatic rings. The molecule has 7 heteroatoms. The Morgan fingerprint density at radius 2 is 1.75 bits per heavy atom. The number of hydrogen-bond donors (Lipinski definition) is 0. The molecule has 2 aromatic carbocycles. The van der Waals surface area contributed by atoms with E-state index < -0.39 is 10.1 Å². The number of hydrogen-bond acceptors (Lipinski definition) is 5. The van der Waals surface area contributed by atoms with Crippen molar-refractivity contribution < 1.29 is 12.6 Å². The third-order valence-electron chi connectivity index (χ3n) is 3.48. The van der Waals surface area contributed by atoms with Crippen molar-refractivity contribution in [3.8, 4) is 17.0 Å². The van der Waals surface area contributed by atoms with Gasteiger partial charge in [-0.3, -0.25) is 4.40 Å². The smallest absolute Gasteiger partial charge is 0.339 e. The van der Waals surface area contributed by atoms with Crippen LogP contribution in [0.5, 0.6) is 5.75 Å². The van der Waals surface area contributed by atoms with Crippen molar-refractivity contribution in [2.75, 3.05) is 0 Å². The van der Waals surface area contributed by atoms with Crippen molar-refractivity contribution in [3.63, 3.8) is 0 Å². The zero-order chi connectivity index (χ0) is 16.6. The fraction of sp³-hybridized carbons (Fsp3) is 0. The summed E-state index contributed by atoms with van der Waals surface area (Å²) in [5, 5.41) is 1.97. The summed E-state index contributed by atoms with van der Waals surface area (Å²) in [5.41, 5.74) is 1.73. The van der Waals surface area contributed by atoms with Gasteiger partial charge in [-0.1, -0.05) is 18.2 Å². The maximum Gasteiger partial charge on any atom is 0.339 e. The predicted octanol–water partition coefficient (Wildman–Crippen LogP) is 3.83. The molecule has 0 spiro atoms. The zero-order valence-electron chi connectivity index (χ0n) is 12.4. The first-order chi connectivity index (χ1) is 11.6. The van der Waals surface area contributed by atoms with Crippen LogP contribution in [0.3, 0.4) is 0 Å². The van der Waals surface area contributed by atoms with E-state index in [0.717, 1.165) is 16.2 Å². The maximum atomic E-state index is 12.2. The second kappa shape index (κ2) is 5.77. The Morgan fingerprint density at radius 3 is 2.46 bits per heavy atom. The lowest BCUT2D eigenvalue weighted by atomic mass is 10.2. The number of benzene rings is 2. The molecule has 2 heterocycles. The number of aromatic nitrogens is 2. The van der Waals surface area contributed by atoms with Crippen LogP contribution < -0.4 is 4.18 Å². The van der Waals surface area contributed by atoms with Gasteiger partial charge in [0.2, 0.25) is 0 Å².